The van der Waals surface area contributed by atoms with Crippen molar-refractivity contribution in [3.63, 3.8) is 0 Å². The number of anilines is 1. The second-order valence-electron chi connectivity index (χ2n) is 4.60. The Hall–Kier alpha value is -1.62. The maximum absolute atomic E-state index is 13.0. The first kappa shape index (κ1) is 12.8. The van der Waals surface area contributed by atoms with Crippen LogP contribution in [0.2, 0.25) is 0 Å². The van der Waals surface area contributed by atoms with Crippen LogP contribution in [0.15, 0.2) is 18.2 Å². The normalized spacial score (nSPS) is 22.8. The van der Waals surface area contributed by atoms with E-state index in [9.17, 15) is 9.18 Å². The van der Waals surface area contributed by atoms with Crippen LogP contribution in [0.3, 0.4) is 0 Å². The average Bonchev–Trinajstić information content (AvgIpc) is 2.78. The van der Waals surface area contributed by atoms with E-state index in [4.69, 9.17) is 10.5 Å². The van der Waals surface area contributed by atoms with E-state index < -0.39 is 5.82 Å². The molecule has 2 unspecified atom stereocenters. The summed E-state index contributed by atoms with van der Waals surface area (Å²) in [5, 5.41) is 2.76. The molecule has 0 heterocycles. The van der Waals surface area contributed by atoms with Crippen LogP contribution in [0, 0.1) is 11.7 Å². The number of methoxy groups -OCH3 is 1. The van der Waals surface area contributed by atoms with E-state index in [0.717, 1.165) is 12.8 Å². The van der Waals surface area contributed by atoms with E-state index >= 15 is 0 Å². The molecule has 0 radical (unpaired) electrons. The van der Waals surface area contributed by atoms with Crippen molar-refractivity contribution < 1.29 is 13.9 Å². The van der Waals surface area contributed by atoms with Gasteiger partial charge in [-0.15, -0.1) is 0 Å². The molecule has 1 aliphatic rings. The lowest BCUT2D eigenvalue weighted by Crippen LogP contribution is -2.23. The van der Waals surface area contributed by atoms with Crippen LogP contribution in [-0.2, 0) is 4.79 Å². The summed E-state index contributed by atoms with van der Waals surface area (Å²) in [5.74, 6) is -0.207. The van der Waals surface area contributed by atoms with Crippen molar-refractivity contribution in [2.24, 2.45) is 11.7 Å². The number of rotatable bonds is 3. The summed E-state index contributed by atoms with van der Waals surface area (Å²) in [7, 11) is 1.44. The number of hydrogen-bond donors (Lipinski definition) is 2. The summed E-state index contributed by atoms with van der Waals surface area (Å²) >= 11 is 0. The van der Waals surface area contributed by atoms with Crippen LogP contribution >= 0.6 is 0 Å². The van der Waals surface area contributed by atoms with Gasteiger partial charge in [0.05, 0.1) is 12.8 Å². The molecule has 0 saturated heterocycles. The van der Waals surface area contributed by atoms with Crippen LogP contribution in [0.5, 0.6) is 5.75 Å². The van der Waals surface area contributed by atoms with E-state index in [2.05, 4.69) is 5.32 Å². The number of benzene rings is 1. The molecular weight excluding hydrogens is 235 g/mol. The molecule has 1 aromatic rings. The van der Waals surface area contributed by atoms with Gasteiger partial charge in [-0.2, -0.15) is 0 Å². The Balaban J connectivity index is 2.07. The van der Waals surface area contributed by atoms with E-state index in [1.54, 1.807) is 0 Å². The number of carbonyl (C=O) groups excluding carboxylic acids is 1. The molecule has 2 rings (SSSR count). The molecule has 4 nitrogen and oxygen atoms in total. The van der Waals surface area contributed by atoms with Gasteiger partial charge in [-0.25, -0.2) is 4.39 Å². The minimum atomic E-state index is -0.396. The van der Waals surface area contributed by atoms with Crippen molar-refractivity contribution in [3.8, 4) is 5.75 Å². The van der Waals surface area contributed by atoms with E-state index in [1.807, 2.05) is 0 Å². The smallest absolute Gasteiger partial charge is 0.227 e. The van der Waals surface area contributed by atoms with Gasteiger partial charge in [-0.05, 0) is 31.4 Å². The van der Waals surface area contributed by atoms with Gasteiger partial charge in [-0.1, -0.05) is 0 Å². The van der Waals surface area contributed by atoms with Crippen molar-refractivity contribution in [1.82, 2.24) is 0 Å². The minimum absolute atomic E-state index is 0.0604. The molecule has 1 aromatic carbocycles. The number of ether oxygens (including phenoxy) is 1. The average molecular weight is 252 g/mol. The number of nitrogens with one attached hydrogen (secondary N) is 1. The second-order valence-corrected chi connectivity index (χ2v) is 4.60. The zero-order valence-electron chi connectivity index (χ0n) is 10.3. The van der Waals surface area contributed by atoms with Gasteiger partial charge in [0, 0.05) is 18.0 Å². The van der Waals surface area contributed by atoms with Crippen molar-refractivity contribution in [2.45, 2.75) is 25.3 Å². The first-order valence-electron chi connectivity index (χ1n) is 6.00. The Morgan fingerprint density at radius 1 is 1.50 bits per heavy atom. The number of hydrogen-bond acceptors (Lipinski definition) is 3. The first-order valence-corrected chi connectivity index (χ1v) is 6.00. The van der Waals surface area contributed by atoms with Crippen molar-refractivity contribution >= 4 is 11.6 Å². The molecule has 5 heteroatoms. The molecule has 0 bridgehead atoms. The largest absolute Gasteiger partial charge is 0.494 e. The lowest BCUT2D eigenvalue weighted by molar-refractivity contribution is -0.119. The van der Waals surface area contributed by atoms with Crippen LogP contribution < -0.4 is 15.8 Å². The van der Waals surface area contributed by atoms with Gasteiger partial charge in [0.15, 0.2) is 0 Å². The Kier molecular flexibility index (Phi) is 3.81. The fourth-order valence-corrected chi connectivity index (χ4v) is 2.26. The Bertz CT molecular complexity index is 451. The van der Waals surface area contributed by atoms with Crippen molar-refractivity contribution in [1.29, 1.82) is 0 Å². The first-order chi connectivity index (χ1) is 8.60. The lowest BCUT2D eigenvalue weighted by Gasteiger charge is -2.13. The quantitative estimate of drug-likeness (QED) is 0.863. The molecule has 0 aromatic heterocycles. The van der Waals surface area contributed by atoms with Crippen LogP contribution in [0.25, 0.3) is 0 Å². The maximum atomic E-state index is 13.0. The molecular formula is C13H17FN2O2. The number of amides is 1. The van der Waals surface area contributed by atoms with Gasteiger partial charge < -0.3 is 15.8 Å². The highest BCUT2D eigenvalue weighted by atomic mass is 19.1. The fourth-order valence-electron chi connectivity index (χ4n) is 2.26. The molecule has 1 fully saturated rings. The maximum Gasteiger partial charge on any atom is 0.227 e. The summed E-state index contributed by atoms with van der Waals surface area (Å²) < 4.78 is 18.0. The predicted octanol–water partition coefficient (Wildman–Crippen LogP) is 1.90. The number of nitrogens with two attached hydrogens (primary N) is 1. The molecule has 0 aliphatic heterocycles. The molecule has 98 valence electrons. The summed E-state index contributed by atoms with van der Waals surface area (Å²) in [4.78, 5) is 12.0. The van der Waals surface area contributed by atoms with Crippen LogP contribution in [0.4, 0.5) is 10.1 Å². The Morgan fingerprint density at radius 3 is 2.89 bits per heavy atom. The predicted molar refractivity (Wildman–Crippen MR) is 66.9 cm³/mol. The van der Waals surface area contributed by atoms with Gasteiger partial charge >= 0.3 is 0 Å². The summed E-state index contributed by atoms with van der Waals surface area (Å²) in [6, 6.07) is 4.14. The highest BCUT2D eigenvalue weighted by Gasteiger charge is 2.28. The number of halogens is 1. The SMILES string of the molecule is COc1cc(F)ccc1NC(=O)C1CCC(N)C1. The second kappa shape index (κ2) is 5.35. The fraction of sp³-hybridized carbons (Fsp3) is 0.462. The standard InChI is InChI=1S/C13H17FN2O2/c1-18-12-7-9(14)3-5-11(12)16-13(17)8-2-4-10(15)6-8/h3,5,7-8,10H,2,4,6,15H2,1H3,(H,16,17). The Labute approximate surface area is 105 Å². The highest BCUT2D eigenvalue weighted by Crippen LogP contribution is 2.29. The molecule has 1 aliphatic carbocycles. The monoisotopic (exact) mass is 252 g/mol. The zero-order chi connectivity index (χ0) is 13.1. The molecule has 2 atom stereocenters. The van der Waals surface area contributed by atoms with E-state index in [-0.39, 0.29) is 17.9 Å². The summed E-state index contributed by atoms with van der Waals surface area (Å²) in [6.45, 7) is 0. The third-order valence-corrected chi connectivity index (χ3v) is 3.27. The highest BCUT2D eigenvalue weighted by molar-refractivity contribution is 5.94. The minimum Gasteiger partial charge on any atom is -0.494 e. The molecule has 1 saturated carbocycles. The van der Waals surface area contributed by atoms with Crippen LogP contribution in [-0.4, -0.2) is 19.1 Å². The van der Waals surface area contributed by atoms with Crippen molar-refractivity contribution in [2.75, 3.05) is 12.4 Å². The van der Waals surface area contributed by atoms with Gasteiger partial charge in [0.2, 0.25) is 5.91 Å². The number of carbonyl (C=O) groups is 1. The van der Waals surface area contributed by atoms with Gasteiger partial charge in [0.1, 0.15) is 11.6 Å². The Morgan fingerprint density at radius 2 is 2.28 bits per heavy atom. The van der Waals surface area contributed by atoms with Gasteiger partial charge in [-0.3, -0.25) is 4.79 Å². The van der Waals surface area contributed by atoms with E-state index in [1.165, 1.54) is 25.3 Å². The van der Waals surface area contributed by atoms with Gasteiger partial charge in [0.25, 0.3) is 0 Å². The molecule has 3 N–H and O–H groups in total. The topological polar surface area (TPSA) is 64.3 Å². The van der Waals surface area contributed by atoms with Crippen molar-refractivity contribution in [3.05, 3.63) is 24.0 Å². The molecule has 18 heavy (non-hydrogen) atoms. The molecule has 1 amide bonds. The summed E-state index contributed by atoms with van der Waals surface area (Å²) in [6.07, 6.45) is 2.38. The lowest BCUT2D eigenvalue weighted by atomic mass is 10.1. The van der Waals surface area contributed by atoms with E-state index in [0.29, 0.717) is 17.9 Å². The summed E-state index contributed by atoms with van der Waals surface area (Å²) in [5.41, 5.74) is 6.27. The van der Waals surface area contributed by atoms with Crippen LogP contribution in [0.1, 0.15) is 19.3 Å². The molecule has 0 spiro atoms. The third-order valence-electron chi connectivity index (χ3n) is 3.27. The zero-order valence-corrected chi connectivity index (χ0v) is 10.3. The third kappa shape index (κ3) is 2.79.